The number of rotatable bonds is 8. The van der Waals surface area contributed by atoms with Crippen molar-refractivity contribution in [2.24, 2.45) is 13.0 Å². The number of hydrogen-bond acceptors (Lipinski definition) is 8. The molecule has 12 heteroatoms. The molecular weight excluding hydrogens is 513 g/mol. The standard InChI is InChI=1S/C28H34FN9O2/c1-4-16-11-30-14-23(16)38-10-6-9-22(38)26(39)33-20-8-5-7-17-18(12-31-25(17)20)24-19(29)13-32-28(35-24)34-21-15-37(2)36-27(21)40-3/h5,7-8,12-13,15-16,22-23,30-31H,4,6,9-11,14H2,1-3H3,(H,33,39)(H,32,34,35)/t16?,22?,23-/m1/s1. The van der Waals surface area contributed by atoms with Gasteiger partial charge in [-0.15, -0.1) is 5.10 Å². The summed E-state index contributed by atoms with van der Waals surface area (Å²) < 4.78 is 21.9. The van der Waals surface area contributed by atoms with Crippen LogP contribution in [0.2, 0.25) is 0 Å². The van der Waals surface area contributed by atoms with E-state index in [1.807, 2.05) is 18.2 Å². The summed E-state index contributed by atoms with van der Waals surface area (Å²) in [5, 5.41) is 14.7. The Labute approximate surface area is 231 Å². The number of anilines is 3. The Morgan fingerprint density at radius 3 is 2.98 bits per heavy atom. The summed E-state index contributed by atoms with van der Waals surface area (Å²) in [6.45, 7) is 5.08. The number of likely N-dealkylation sites (tertiary alicyclic amines) is 1. The van der Waals surface area contributed by atoms with Crippen molar-refractivity contribution in [3.63, 3.8) is 0 Å². The fraction of sp³-hybridized carbons (Fsp3) is 0.429. The summed E-state index contributed by atoms with van der Waals surface area (Å²) >= 11 is 0. The second-order valence-electron chi connectivity index (χ2n) is 10.5. The van der Waals surface area contributed by atoms with Gasteiger partial charge in [0.2, 0.25) is 11.9 Å². The summed E-state index contributed by atoms with van der Waals surface area (Å²) in [5.41, 5.74) is 2.64. The summed E-state index contributed by atoms with van der Waals surface area (Å²) in [5.74, 6) is 0.572. The van der Waals surface area contributed by atoms with Crippen LogP contribution in [0.4, 0.5) is 21.7 Å². The fourth-order valence-electron chi connectivity index (χ4n) is 6.10. The number of carbonyl (C=O) groups excluding carboxylic acids is 1. The second-order valence-corrected chi connectivity index (χ2v) is 10.5. The van der Waals surface area contributed by atoms with Crippen LogP contribution in [-0.2, 0) is 11.8 Å². The van der Waals surface area contributed by atoms with Crippen LogP contribution in [0.3, 0.4) is 0 Å². The van der Waals surface area contributed by atoms with Crippen LogP contribution in [0.1, 0.15) is 26.2 Å². The molecule has 1 aromatic carbocycles. The maximum atomic E-state index is 15.0. The van der Waals surface area contributed by atoms with Gasteiger partial charge in [0.15, 0.2) is 5.82 Å². The van der Waals surface area contributed by atoms with Gasteiger partial charge in [-0.1, -0.05) is 25.5 Å². The first kappa shape index (κ1) is 26.2. The first-order chi connectivity index (χ1) is 19.5. The van der Waals surface area contributed by atoms with E-state index in [0.29, 0.717) is 40.3 Å². The smallest absolute Gasteiger partial charge is 0.256 e. The average molecular weight is 548 g/mol. The molecule has 2 unspecified atom stereocenters. The molecule has 4 aromatic rings. The highest BCUT2D eigenvalue weighted by Crippen LogP contribution is 2.35. The van der Waals surface area contributed by atoms with Gasteiger partial charge in [-0.2, -0.15) is 0 Å². The predicted molar refractivity (Wildman–Crippen MR) is 151 cm³/mol. The molecule has 2 fully saturated rings. The van der Waals surface area contributed by atoms with Gasteiger partial charge in [-0.3, -0.25) is 14.4 Å². The molecule has 0 radical (unpaired) electrons. The van der Waals surface area contributed by atoms with Gasteiger partial charge in [0.1, 0.15) is 11.4 Å². The number of halogens is 1. The van der Waals surface area contributed by atoms with Crippen LogP contribution in [0.15, 0.2) is 36.8 Å². The number of nitrogens with zero attached hydrogens (tertiary/aromatic N) is 5. The van der Waals surface area contributed by atoms with E-state index in [4.69, 9.17) is 4.74 Å². The van der Waals surface area contributed by atoms with Crippen LogP contribution in [0.25, 0.3) is 22.2 Å². The van der Waals surface area contributed by atoms with Crippen molar-refractivity contribution in [1.82, 2.24) is 34.9 Å². The number of benzene rings is 1. The van der Waals surface area contributed by atoms with Crippen molar-refractivity contribution >= 4 is 34.1 Å². The van der Waals surface area contributed by atoms with E-state index in [2.05, 4.69) is 47.8 Å². The topological polar surface area (TPSA) is 125 Å². The van der Waals surface area contributed by atoms with E-state index >= 15 is 4.39 Å². The number of hydrogen-bond donors (Lipinski definition) is 4. The molecule has 40 heavy (non-hydrogen) atoms. The number of fused-ring (bicyclic) bond motifs is 1. The normalized spacial score (nSPS) is 21.2. The molecule has 1 amide bonds. The Bertz CT molecular complexity index is 1530. The zero-order valence-electron chi connectivity index (χ0n) is 22.9. The molecule has 0 spiro atoms. The van der Waals surface area contributed by atoms with E-state index in [1.165, 1.54) is 7.11 Å². The summed E-state index contributed by atoms with van der Waals surface area (Å²) in [6, 6.07) is 5.82. The minimum Gasteiger partial charge on any atom is -0.478 e. The van der Waals surface area contributed by atoms with Crippen molar-refractivity contribution in [3.8, 4) is 17.1 Å². The van der Waals surface area contributed by atoms with Gasteiger partial charge >= 0.3 is 0 Å². The van der Waals surface area contributed by atoms with Gasteiger partial charge in [0.05, 0.1) is 36.7 Å². The highest BCUT2D eigenvalue weighted by molar-refractivity contribution is 6.06. The lowest BCUT2D eigenvalue weighted by atomic mass is 9.98. The van der Waals surface area contributed by atoms with Crippen molar-refractivity contribution in [2.45, 2.75) is 38.3 Å². The second kappa shape index (κ2) is 10.9. The zero-order valence-corrected chi connectivity index (χ0v) is 22.9. The van der Waals surface area contributed by atoms with Crippen molar-refractivity contribution in [2.75, 3.05) is 37.4 Å². The van der Waals surface area contributed by atoms with Gasteiger partial charge in [-0.05, 0) is 37.9 Å². The third-order valence-corrected chi connectivity index (χ3v) is 8.06. The number of aromatic amines is 1. The van der Waals surface area contributed by atoms with Crippen LogP contribution >= 0.6 is 0 Å². The number of nitrogens with one attached hydrogen (secondary N) is 4. The van der Waals surface area contributed by atoms with Crippen LogP contribution in [-0.4, -0.2) is 74.4 Å². The SMILES string of the molecule is CCC1CNC[C@H]1N1CCCC1C(=O)Nc1cccc2c(-c3nc(Nc4cn(C)nc4OC)ncc3F)c[nH]c12. The van der Waals surface area contributed by atoms with Gasteiger partial charge in [-0.25, -0.2) is 14.4 Å². The van der Waals surface area contributed by atoms with Crippen LogP contribution in [0, 0.1) is 11.7 Å². The summed E-state index contributed by atoms with van der Waals surface area (Å²) in [6.07, 6.45) is 7.51. The maximum absolute atomic E-state index is 15.0. The lowest BCUT2D eigenvalue weighted by Gasteiger charge is -2.32. The molecule has 2 saturated heterocycles. The monoisotopic (exact) mass is 547 g/mol. The molecule has 11 nitrogen and oxygen atoms in total. The molecule has 0 saturated carbocycles. The van der Waals surface area contributed by atoms with Crippen molar-refractivity contribution < 1.29 is 13.9 Å². The van der Waals surface area contributed by atoms with Gasteiger partial charge in [0, 0.05) is 36.8 Å². The molecule has 5 heterocycles. The number of ether oxygens (including phenoxy) is 1. The fourth-order valence-corrected chi connectivity index (χ4v) is 6.10. The minimum atomic E-state index is -0.559. The van der Waals surface area contributed by atoms with Crippen LogP contribution in [0.5, 0.6) is 5.88 Å². The number of carbonyl (C=O) groups is 1. The van der Waals surface area contributed by atoms with E-state index in [0.717, 1.165) is 50.5 Å². The van der Waals surface area contributed by atoms with E-state index < -0.39 is 5.82 Å². The van der Waals surface area contributed by atoms with E-state index in [9.17, 15) is 4.79 Å². The highest BCUT2D eigenvalue weighted by atomic mass is 19.1. The number of methoxy groups -OCH3 is 1. The molecule has 2 aliphatic heterocycles. The summed E-state index contributed by atoms with van der Waals surface area (Å²) in [4.78, 5) is 27.7. The summed E-state index contributed by atoms with van der Waals surface area (Å²) in [7, 11) is 3.29. The largest absolute Gasteiger partial charge is 0.478 e. The lowest BCUT2D eigenvalue weighted by Crippen LogP contribution is -2.48. The van der Waals surface area contributed by atoms with E-state index in [-0.39, 0.29) is 23.6 Å². The molecule has 6 rings (SSSR count). The first-order valence-electron chi connectivity index (χ1n) is 13.7. The molecule has 210 valence electrons. The number of aryl methyl sites for hydroxylation is 1. The predicted octanol–water partition coefficient (Wildman–Crippen LogP) is 3.65. The Hall–Kier alpha value is -4.03. The maximum Gasteiger partial charge on any atom is 0.256 e. The van der Waals surface area contributed by atoms with Gasteiger partial charge < -0.3 is 25.7 Å². The molecule has 3 atom stereocenters. The molecule has 4 N–H and O–H groups in total. The Morgan fingerprint density at radius 1 is 1.27 bits per heavy atom. The zero-order chi connectivity index (χ0) is 27.8. The minimum absolute atomic E-state index is 0.00646. The van der Waals surface area contributed by atoms with Crippen molar-refractivity contribution in [3.05, 3.63) is 42.6 Å². The third kappa shape index (κ3) is 4.77. The van der Waals surface area contributed by atoms with Crippen molar-refractivity contribution in [1.29, 1.82) is 0 Å². The quantitative estimate of drug-likeness (QED) is 0.264. The number of para-hydroxylation sites is 1. The molecule has 3 aromatic heterocycles. The average Bonchev–Trinajstić information content (AvgIpc) is 3.75. The first-order valence-corrected chi connectivity index (χ1v) is 13.7. The number of H-pyrrole nitrogens is 1. The highest BCUT2D eigenvalue weighted by Gasteiger charge is 2.40. The third-order valence-electron chi connectivity index (χ3n) is 8.06. The Morgan fingerprint density at radius 2 is 2.15 bits per heavy atom. The number of amides is 1. The molecule has 2 aliphatic rings. The molecule has 0 bridgehead atoms. The lowest BCUT2D eigenvalue weighted by molar-refractivity contribution is -0.121. The molecule has 0 aliphatic carbocycles. The van der Waals surface area contributed by atoms with Gasteiger partial charge in [0.25, 0.3) is 5.88 Å². The Balaban J connectivity index is 1.26. The molecular formula is C28H34FN9O2. The number of aromatic nitrogens is 5. The van der Waals surface area contributed by atoms with Crippen LogP contribution < -0.4 is 20.7 Å². The van der Waals surface area contributed by atoms with E-state index in [1.54, 1.807) is 24.1 Å². The Kier molecular flexibility index (Phi) is 7.11.